The second-order valence-corrected chi connectivity index (χ2v) is 5.90. The summed E-state index contributed by atoms with van der Waals surface area (Å²) in [5.74, 6) is 1.75. The number of aliphatic hydroxyl groups excluding tert-OH is 1. The van der Waals surface area contributed by atoms with Crippen molar-refractivity contribution in [2.75, 3.05) is 13.2 Å². The van der Waals surface area contributed by atoms with Crippen molar-refractivity contribution >= 4 is 6.09 Å². The first kappa shape index (κ1) is 15.3. The molecule has 1 rings (SSSR count). The van der Waals surface area contributed by atoms with E-state index < -0.39 is 6.09 Å². The zero-order valence-corrected chi connectivity index (χ0v) is 11.8. The average molecular weight is 257 g/mol. The summed E-state index contributed by atoms with van der Waals surface area (Å²) in [6, 6.07) is 0. The molecule has 106 valence electrons. The number of alkyl carbamates (subject to hydrolysis) is 1. The molecule has 3 unspecified atom stereocenters. The summed E-state index contributed by atoms with van der Waals surface area (Å²) in [6.07, 6.45) is 4.10. The van der Waals surface area contributed by atoms with Crippen molar-refractivity contribution in [1.29, 1.82) is 0 Å². The van der Waals surface area contributed by atoms with Crippen LogP contribution in [0.25, 0.3) is 0 Å². The van der Waals surface area contributed by atoms with Gasteiger partial charge in [0.05, 0.1) is 6.61 Å². The Morgan fingerprint density at radius 2 is 2.17 bits per heavy atom. The van der Waals surface area contributed by atoms with Crippen LogP contribution in [0.1, 0.15) is 46.5 Å². The third-order valence-corrected chi connectivity index (χ3v) is 3.60. The van der Waals surface area contributed by atoms with Crippen LogP contribution in [0.5, 0.6) is 0 Å². The molecule has 1 aliphatic carbocycles. The van der Waals surface area contributed by atoms with Crippen LogP contribution in [0, 0.1) is 17.8 Å². The molecule has 0 radical (unpaired) electrons. The summed E-state index contributed by atoms with van der Waals surface area (Å²) < 4.78 is 5.52. The van der Waals surface area contributed by atoms with Crippen molar-refractivity contribution in [3.05, 3.63) is 0 Å². The monoisotopic (exact) mass is 257 g/mol. The molecule has 1 fully saturated rings. The van der Waals surface area contributed by atoms with E-state index in [-0.39, 0.29) is 19.3 Å². The van der Waals surface area contributed by atoms with E-state index in [9.17, 15) is 4.79 Å². The number of ether oxygens (including phenoxy) is 1. The second kappa shape index (κ2) is 7.62. The SMILES string of the molecule is CC(C)CC1CCC(C)CC1OC(=O)NCCO. The van der Waals surface area contributed by atoms with E-state index in [0.717, 1.165) is 19.3 Å². The first-order valence-corrected chi connectivity index (χ1v) is 7.08. The summed E-state index contributed by atoms with van der Waals surface area (Å²) in [7, 11) is 0. The smallest absolute Gasteiger partial charge is 0.407 e. The van der Waals surface area contributed by atoms with Gasteiger partial charge in [-0.2, -0.15) is 0 Å². The molecule has 0 aliphatic heterocycles. The minimum atomic E-state index is -0.392. The highest BCUT2D eigenvalue weighted by Crippen LogP contribution is 2.34. The number of carbonyl (C=O) groups is 1. The van der Waals surface area contributed by atoms with Crippen molar-refractivity contribution < 1.29 is 14.6 Å². The number of aliphatic hydroxyl groups is 1. The summed E-state index contributed by atoms with van der Waals surface area (Å²) in [4.78, 5) is 11.6. The lowest BCUT2D eigenvalue weighted by molar-refractivity contribution is 0.0151. The van der Waals surface area contributed by atoms with Gasteiger partial charge in [0.25, 0.3) is 0 Å². The van der Waals surface area contributed by atoms with Crippen LogP contribution >= 0.6 is 0 Å². The molecule has 0 saturated heterocycles. The van der Waals surface area contributed by atoms with Gasteiger partial charge in [-0.15, -0.1) is 0 Å². The molecule has 0 bridgehead atoms. The van der Waals surface area contributed by atoms with Gasteiger partial charge in [-0.1, -0.05) is 27.2 Å². The molecule has 0 heterocycles. The Hall–Kier alpha value is -0.770. The maximum absolute atomic E-state index is 11.6. The van der Waals surface area contributed by atoms with Gasteiger partial charge in [0, 0.05) is 6.54 Å². The van der Waals surface area contributed by atoms with Gasteiger partial charge in [0.2, 0.25) is 0 Å². The number of amides is 1. The molecule has 1 aliphatic rings. The van der Waals surface area contributed by atoms with E-state index >= 15 is 0 Å². The lowest BCUT2D eigenvalue weighted by Crippen LogP contribution is -2.38. The van der Waals surface area contributed by atoms with Gasteiger partial charge in [0.1, 0.15) is 6.10 Å². The molecule has 18 heavy (non-hydrogen) atoms. The molecule has 0 spiro atoms. The third-order valence-electron chi connectivity index (χ3n) is 3.60. The van der Waals surface area contributed by atoms with Crippen LogP contribution in [-0.2, 0) is 4.74 Å². The van der Waals surface area contributed by atoms with Gasteiger partial charge >= 0.3 is 6.09 Å². The highest BCUT2D eigenvalue weighted by molar-refractivity contribution is 5.67. The van der Waals surface area contributed by atoms with Crippen LogP contribution in [0.3, 0.4) is 0 Å². The molecule has 3 atom stereocenters. The first-order chi connectivity index (χ1) is 8.52. The third kappa shape index (κ3) is 5.25. The number of rotatable bonds is 5. The molecule has 4 nitrogen and oxygen atoms in total. The normalized spacial score (nSPS) is 28.2. The zero-order chi connectivity index (χ0) is 13.5. The van der Waals surface area contributed by atoms with Crippen molar-refractivity contribution in [3.8, 4) is 0 Å². The van der Waals surface area contributed by atoms with Gasteiger partial charge < -0.3 is 15.2 Å². The molecule has 4 heteroatoms. The summed E-state index contributed by atoms with van der Waals surface area (Å²) in [5, 5.41) is 11.2. The zero-order valence-electron chi connectivity index (χ0n) is 11.8. The van der Waals surface area contributed by atoms with E-state index in [2.05, 4.69) is 26.1 Å². The van der Waals surface area contributed by atoms with Crippen LogP contribution in [-0.4, -0.2) is 30.5 Å². The van der Waals surface area contributed by atoms with Crippen LogP contribution in [0.15, 0.2) is 0 Å². The fraction of sp³-hybridized carbons (Fsp3) is 0.929. The number of carbonyl (C=O) groups excluding carboxylic acids is 1. The van der Waals surface area contributed by atoms with Crippen molar-refractivity contribution in [1.82, 2.24) is 5.32 Å². The molecule has 1 saturated carbocycles. The Morgan fingerprint density at radius 1 is 1.44 bits per heavy atom. The second-order valence-electron chi connectivity index (χ2n) is 5.90. The molecule has 0 aromatic carbocycles. The Bertz CT molecular complexity index is 255. The molecule has 2 N–H and O–H groups in total. The number of hydrogen-bond donors (Lipinski definition) is 2. The quantitative estimate of drug-likeness (QED) is 0.795. The van der Waals surface area contributed by atoms with Crippen molar-refractivity contribution in [3.63, 3.8) is 0 Å². The van der Waals surface area contributed by atoms with Gasteiger partial charge in [-0.25, -0.2) is 4.79 Å². The number of hydrogen-bond acceptors (Lipinski definition) is 3. The van der Waals surface area contributed by atoms with Crippen LogP contribution in [0.4, 0.5) is 4.79 Å². The van der Waals surface area contributed by atoms with E-state index in [1.165, 1.54) is 6.42 Å². The molecular formula is C14H27NO3. The maximum atomic E-state index is 11.6. The Balaban J connectivity index is 2.47. The Morgan fingerprint density at radius 3 is 2.78 bits per heavy atom. The molecule has 0 aromatic rings. The maximum Gasteiger partial charge on any atom is 0.407 e. The predicted molar refractivity (Wildman–Crippen MR) is 71.3 cm³/mol. The fourth-order valence-electron chi connectivity index (χ4n) is 2.75. The summed E-state index contributed by atoms with van der Waals surface area (Å²) in [5.41, 5.74) is 0. The topological polar surface area (TPSA) is 58.6 Å². The summed E-state index contributed by atoms with van der Waals surface area (Å²) >= 11 is 0. The highest BCUT2D eigenvalue weighted by Gasteiger charge is 2.31. The lowest BCUT2D eigenvalue weighted by Gasteiger charge is -2.35. The average Bonchev–Trinajstić information content (AvgIpc) is 2.29. The van der Waals surface area contributed by atoms with Gasteiger partial charge in [-0.05, 0) is 37.0 Å². The largest absolute Gasteiger partial charge is 0.446 e. The van der Waals surface area contributed by atoms with Crippen LogP contribution in [0.2, 0.25) is 0 Å². The molecule has 0 aromatic heterocycles. The number of nitrogens with one attached hydrogen (secondary N) is 1. The van der Waals surface area contributed by atoms with Gasteiger partial charge in [0.15, 0.2) is 0 Å². The van der Waals surface area contributed by atoms with Crippen LogP contribution < -0.4 is 5.32 Å². The summed E-state index contributed by atoms with van der Waals surface area (Å²) in [6.45, 7) is 6.84. The van der Waals surface area contributed by atoms with E-state index in [1.807, 2.05) is 0 Å². The van der Waals surface area contributed by atoms with E-state index in [4.69, 9.17) is 9.84 Å². The van der Waals surface area contributed by atoms with E-state index in [1.54, 1.807) is 0 Å². The Kier molecular flexibility index (Phi) is 6.47. The molecule has 1 amide bonds. The Labute approximate surface area is 110 Å². The van der Waals surface area contributed by atoms with Crippen molar-refractivity contribution in [2.45, 2.75) is 52.6 Å². The minimum absolute atomic E-state index is 0.0369. The predicted octanol–water partition coefficient (Wildman–Crippen LogP) is 2.56. The lowest BCUT2D eigenvalue weighted by atomic mass is 9.77. The first-order valence-electron chi connectivity index (χ1n) is 7.08. The van der Waals surface area contributed by atoms with E-state index in [0.29, 0.717) is 17.8 Å². The minimum Gasteiger partial charge on any atom is -0.446 e. The molecular weight excluding hydrogens is 230 g/mol. The standard InChI is InChI=1S/C14H27NO3/c1-10(2)8-12-5-4-11(3)9-13(12)18-14(17)15-6-7-16/h10-13,16H,4-9H2,1-3H3,(H,15,17). The van der Waals surface area contributed by atoms with Gasteiger partial charge in [-0.3, -0.25) is 0 Å². The highest BCUT2D eigenvalue weighted by atomic mass is 16.6. The van der Waals surface area contributed by atoms with Crippen molar-refractivity contribution in [2.24, 2.45) is 17.8 Å². The fourth-order valence-corrected chi connectivity index (χ4v) is 2.75.